The van der Waals surface area contributed by atoms with Crippen LogP contribution >= 0.6 is 0 Å². The van der Waals surface area contributed by atoms with Crippen molar-refractivity contribution in [3.05, 3.63) is 48.2 Å². The Labute approximate surface area is 140 Å². The number of carbonyl (C=O) groups excluding carboxylic acids is 2. The molecule has 126 valence electrons. The molecule has 0 fully saturated rings. The first-order valence-electron chi connectivity index (χ1n) is 7.59. The monoisotopic (exact) mass is 328 g/mol. The fourth-order valence-corrected chi connectivity index (χ4v) is 2.13. The van der Waals surface area contributed by atoms with Gasteiger partial charge in [0.25, 0.3) is 0 Å². The Morgan fingerprint density at radius 1 is 1.00 bits per heavy atom. The van der Waals surface area contributed by atoms with Crippen LogP contribution < -0.4 is 14.8 Å². The van der Waals surface area contributed by atoms with Crippen molar-refractivity contribution in [2.45, 2.75) is 19.3 Å². The molecule has 2 aromatic rings. The first-order valence-corrected chi connectivity index (χ1v) is 7.59. The molecule has 0 radical (unpaired) electrons. The van der Waals surface area contributed by atoms with E-state index in [2.05, 4.69) is 10.3 Å². The van der Waals surface area contributed by atoms with Crippen LogP contribution in [0.5, 0.6) is 11.6 Å². The molecule has 1 aromatic heterocycles. The summed E-state index contributed by atoms with van der Waals surface area (Å²) in [5.74, 6) is 1.05. The summed E-state index contributed by atoms with van der Waals surface area (Å²) in [6, 6.07) is 10.3. The summed E-state index contributed by atoms with van der Waals surface area (Å²) in [5, 5.41) is 2.74. The topological polar surface area (TPSA) is 77.5 Å². The largest absolute Gasteiger partial charge is 0.497 e. The predicted octanol–water partition coefficient (Wildman–Crippen LogP) is 3.09. The van der Waals surface area contributed by atoms with Gasteiger partial charge in [-0.1, -0.05) is 0 Å². The first kappa shape index (κ1) is 17.5. The van der Waals surface area contributed by atoms with Gasteiger partial charge >= 0.3 is 0 Å². The highest BCUT2D eigenvalue weighted by molar-refractivity contribution is 5.96. The van der Waals surface area contributed by atoms with E-state index in [9.17, 15) is 9.59 Å². The third-order valence-electron chi connectivity index (χ3n) is 3.45. The summed E-state index contributed by atoms with van der Waals surface area (Å²) >= 11 is 0. The second-order valence-electron chi connectivity index (χ2n) is 5.14. The van der Waals surface area contributed by atoms with Gasteiger partial charge in [0.2, 0.25) is 11.8 Å². The van der Waals surface area contributed by atoms with Crippen LogP contribution in [0.2, 0.25) is 0 Å². The highest BCUT2D eigenvalue weighted by atomic mass is 16.5. The Morgan fingerprint density at radius 2 is 1.75 bits per heavy atom. The molecule has 0 unspecified atom stereocenters. The SMILES string of the molecule is COc1ccc(C(=O)CCCC(=O)Nc2ccc(OC)nc2)cc1. The molecule has 1 aromatic carbocycles. The number of rotatable bonds is 8. The van der Waals surface area contributed by atoms with E-state index in [1.165, 1.54) is 13.3 Å². The Balaban J connectivity index is 1.75. The molecule has 24 heavy (non-hydrogen) atoms. The van der Waals surface area contributed by atoms with Gasteiger partial charge in [0.1, 0.15) is 5.75 Å². The fraction of sp³-hybridized carbons (Fsp3) is 0.278. The lowest BCUT2D eigenvalue weighted by atomic mass is 10.1. The van der Waals surface area contributed by atoms with Crippen molar-refractivity contribution in [2.75, 3.05) is 19.5 Å². The highest BCUT2D eigenvalue weighted by Crippen LogP contribution is 2.15. The highest BCUT2D eigenvalue weighted by Gasteiger charge is 2.08. The van der Waals surface area contributed by atoms with Crippen molar-refractivity contribution in [1.29, 1.82) is 0 Å². The van der Waals surface area contributed by atoms with E-state index in [1.807, 2.05) is 0 Å². The van der Waals surface area contributed by atoms with Gasteiger partial charge in [-0.25, -0.2) is 4.98 Å². The van der Waals surface area contributed by atoms with Crippen molar-refractivity contribution in [2.24, 2.45) is 0 Å². The van der Waals surface area contributed by atoms with Crippen LogP contribution in [-0.4, -0.2) is 30.9 Å². The lowest BCUT2D eigenvalue weighted by Gasteiger charge is -2.06. The molecule has 0 atom stereocenters. The number of ketones is 1. The first-order chi connectivity index (χ1) is 11.6. The quantitative estimate of drug-likeness (QED) is 0.754. The van der Waals surface area contributed by atoms with Crippen LogP contribution in [0.25, 0.3) is 0 Å². The molecular formula is C18H20N2O4. The smallest absolute Gasteiger partial charge is 0.224 e. The molecule has 0 saturated carbocycles. The molecule has 0 aliphatic carbocycles. The second kappa shape index (κ2) is 8.67. The molecular weight excluding hydrogens is 308 g/mol. The van der Waals surface area contributed by atoms with Gasteiger partial charge in [0.05, 0.1) is 26.1 Å². The summed E-state index contributed by atoms with van der Waals surface area (Å²) in [5.41, 5.74) is 1.22. The number of anilines is 1. The molecule has 0 bridgehead atoms. The zero-order chi connectivity index (χ0) is 17.4. The number of ether oxygens (including phenoxy) is 2. The van der Waals surface area contributed by atoms with E-state index in [0.717, 1.165) is 0 Å². The van der Waals surface area contributed by atoms with E-state index in [0.29, 0.717) is 35.7 Å². The third kappa shape index (κ3) is 5.08. The Morgan fingerprint density at radius 3 is 2.33 bits per heavy atom. The number of benzene rings is 1. The van der Waals surface area contributed by atoms with Crippen LogP contribution in [0.1, 0.15) is 29.6 Å². The molecule has 6 nitrogen and oxygen atoms in total. The third-order valence-corrected chi connectivity index (χ3v) is 3.45. The maximum atomic E-state index is 12.1. The van der Waals surface area contributed by atoms with Crippen LogP contribution in [0.3, 0.4) is 0 Å². The van der Waals surface area contributed by atoms with Crippen LogP contribution in [0.4, 0.5) is 5.69 Å². The predicted molar refractivity (Wildman–Crippen MR) is 90.6 cm³/mol. The molecule has 6 heteroatoms. The Kier molecular flexibility index (Phi) is 6.31. The number of hydrogen-bond acceptors (Lipinski definition) is 5. The van der Waals surface area contributed by atoms with Gasteiger partial charge in [0.15, 0.2) is 5.78 Å². The van der Waals surface area contributed by atoms with Gasteiger partial charge in [-0.15, -0.1) is 0 Å². The number of aromatic nitrogens is 1. The molecule has 2 rings (SSSR count). The number of nitrogens with one attached hydrogen (secondary N) is 1. The summed E-state index contributed by atoms with van der Waals surface area (Å²) in [4.78, 5) is 27.9. The number of amides is 1. The number of hydrogen-bond donors (Lipinski definition) is 1. The number of carbonyl (C=O) groups is 2. The zero-order valence-corrected chi connectivity index (χ0v) is 13.7. The van der Waals surface area contributed by atoms with Crippen LogP contribution in [0.15, 0.2) is 42.6 Å². The zero-order valence-electron chi connectivity index (χ0n) is 13.7. The fourth-order valence-electron chi connectivity index (χ4n) is 2.13. The van der Waals surface area contributed by atoms with Gasteiger partial charge < -0.3 is 14.8 Å². The molecule has 0 aliphatic heterocycles. The van der Waals surface area contributed by atoms with Crippen LogP contribution in [-0.2, 0) is 4.79 Å². The average Bonchev–Trinajstić information content (AvgIpc) is 2.62. The summed E-state index contributed by atoms with van der Waals surface area (Å²) < 4.78 is 10.0. The van der Waals surface area contributed by atoms with Crippen molar-refractivity contribution in [3.8, 4) is 11.6 Å². The summed E-state index contributed by atoms with van der Waals surface area (Å²) in [7, 11) is 3.11. The van der Waals surface area contributed by atoms with Gasteiger partial charge in [0, 0.05) is 24.5 Å². The van der Waals surface area contributed by atoms with E-state index < -0.39 is 0 Å². The summed E-state index contributed by atoms with van der Waals surface area (Å²) in [6.07, 6.45) is 2.61. The van der Waals surface area contributed by atoms with E-state index >= 15 is 0 Å². The molecule has 0 spiro atoms. The molecule has 1 N–H and O–H groups in total. The Hall–Kier alpha value is -2.89. The minimum Gasteiger partial charge on any atom is -0.497 e. The van der Waals surface area contributed by atoms with Crippen molar-refractivity contribution in [1.82, 2.24) is 4.98 Å². The minimum absolute atomic E-state index is 0.0107. The molecule has 0 aliphatic rings. The second-order valence-corrected chi connectivity index (χ2v) is 5.14. The van der Waals surface area contributed by atoms with Crippen molar-refractivity contribution < 1.29 is 19.1 Å². The maximum Gasteiger partial charge on any atom is 0.224 e. The number of pyridine rings is 1. The van der Waals surface area contributed by atoms with Crippen molar-refractivity contribution in [3.63, 3.8) is 0 Å². The maximum absolute atomic E-state index is 12.1. The van der Waals surface area contributed by atoms with Gasteiger partial charge in [-0.2, -0.15) is 0 Å². The average molecular weight is 328 g/mol. The molecule has 0 saturated heterocycles. The molecule has 1 amide bonds. The van der Waals surface area contributed by atoms with Gasteiger partial charge in [-0.3, -0.25) is 9.59 Å². The number of methoxy groups -OCH3 is 2. The summed E-state index contributed by atoms with van der Waals surface area (Å²) in [6.45, 7) is 0. The normalized spacial score (nSPS) is 10.1. The van der Waals surface area contributed by atoms with Crippen molar-refractivity contribution >= 4 is 17.4 Å². The lowest BCUT2D eigenvalue weighted by Crippen LogP contribution is -2.12. The standard InChI is InChI=1S/C18H20N2O4/c1-23-15-9-6-13(7-10-15)16(21)4-3-5-17(22)20-14-8-11-18(24-2)19-12-14/h6-12H,3-5H2,1-2H3,(H,20,22). The van der Waals surface area contributed by atoms with Crippen LogP contribution in [0, 0.1) is 0 Å². The lowest BCUT2D eigenvalue weighted by molar-refractivity contribution is -0.116. The van der Waals surface area contributed by atoms with Gasteiger partial charge in [-0.05, 0) is 36.8 Å². The Bertz CT molecular complexity index is 681. The minimum atomic E-state index is -0.149. The number of Topliss-reactive ketones (excluding diaryl/α,β-unsaturated/α-hetero) is 1. The van der Waals surface area contributed by atoms with E-state index in [-0.39, 0.29) is 18.1 Å². The van der Waals surface area contributed by atoms with E-state index in [1.54, 1.807) is 43.5 Å². The molecule has 1 heterocycles. The number of nitrogens with zero attached hydrogens (tertiary/aromatic N) is 1. The van der Waals surface area contributed by atoms with E-state index in [4.69, 9.17) is 9.47 Å².